The minimum absolute atomic E-state index is 0.00643. The van der Waals surface area contributed by atoms with Crippen molar-refractivity contribution in [3.05, 3.63) is 53.1 Å². The van der Waals surface area contributed by atoms with Crippen molar-refractivity contribution >= 4 is 33.2 Å². The lowest BCUT2D eigenvalue weighted by molar-refractivity contribution is -0.118. The first-order chi connectivity index (χ1) is 15.1. The van der Waals surface area contributed by atoms with Gasteiger partial charge in [-0.25, -0.2) is 8.42 Å². The molecule has 1 atom stereocenters. The summed E-state index contributed by atoms with van der Waals surface area (Å²) in [7, 11) is -3.66. The number of aliphatic hydroxyl groups excluding tert-OH is 1. The van der Waals surface area contributed by atoms with Crippen LogP contribution in [-0.4, -0.2) is 66.5 Å². The molecule has 32 heavy (non-hydrogen) atoms. The summed E-state index contributed by atoms with van der Waals surface area (Å²) in [4.78, 5) is 38.9. The molecule has 0 aliphatic carbocycles. The Bertz CT molecular complexity index is 1190. The molecule has 3 rings (SSSR count). The van der Waals surface area contributed by atoms with E-state index in [9.17, 15) is 27.9 Å². The number of amides is 3. The molecule has 1 unspecified atom stereocenters. The van der Waals surface area contributed by atoms with Gasteiger partial charge in [0.15, 0.2) is 11.5 Å². The van der Waals surface area contributed by atoms with Crippen molar-refractivity contribution in [2.24, 2.45) is 0 Å². The van der Waals surface area contributed by atoms with Crippen molar-refractivity contribution in [1.29, 1.82) is 0 Å². The van der Waals surface area contributed by atoms with E-state index < -0.39 is 46.0 Å². The second-order valence-electron chi connectivity index (χ2n) is 7.18. The fourth-order valence-corrected chi connectivity index (χ4v) is 4.41. The van der Waals surface area contributed by atoms with Gasteiger partial charge in [-0.3, -0.25) is 19.3 Å². The molecular weight excluding hydrogens is 440 g/mol. The highest BCUT2D eigenvalue weighted by Crippen LogP contribution is 2.38. The molecule has 3 N–H and O–H groups in total. The number of sulfone groups is 1. The highest BCUT2D eigenvalue weighted by Gasteiger charge is 2.43. The number of fused-ring (bicyclic) bond motifs is 1. The minimum atomic E-state index is -3.66. The second kappa shape index (κ2) is 8.97. The number of phenolic OH excluding ortho intramolecular Hbond substituents is 1. The number of rotatable bonds is 8. The zero-order valence-corrected chi connectivity index (χ0v) is 18.2. The van der Waals surface area contributed by atoms with E-state index in [4.69, 9.17) is 9.84 Å². The van der Waals surface area contributed by atoms with Crippen LogP contribution in [0, 0.1) is 0 Å². The molecule has 11 heteroatoms. The van der Waals surface area contributed by atoms with Crippen molar-refractivity contribution < 1.29 is 37.8 Å². The quantitative estimate of drug-likeness (QED) is 0.494. The molecule has 0 spiro atoms. The summed E-state index contributed by atoms with van der Waals surface area (Å²) in [5, 5.41) is 21.3. The number of hydrogen-bond donors (Lipinski definition) is 3. The minimum Gasteiger partial charge on any atom is -0.504 e. The zero-order chi connectivity index (χ0) is 23.6. The molecule has 0 fully saturated rings. The third kappa shape index (κ3) is 4.58. The van der Waals surface area contributed by atoms with Crippen molar-refractivity contribution in [2.45, 2.75) is 13.0 Å². The van der Waals surface area contributed by atoms with Crippen LogP contribution in [0.5, 0.6) is 11.5 Å². The molecule has 1 aliphatic rings. The summed E-state index contributed by atoms with van der Waals surface area (Å²) in [5.41, 5.74) is 0.197. The highest BCUT2D eigenvalue weighted by atomic mass is 32.2. The third-order valence-electron chi connectivity index (χ3n) is 4.80. The van der Waals surface area contributed by atoms with Crippen LogP contribution < -0.4 is 10.1 Å². The molecule has 0 saturated carbocycles. The van der Waals surface area contributed by atoms with Gasteiger partial charge < -0.3 is 20.3 Å². The number of carbonyl (C=O) groups is 3. The number of benzene rings is 2. The smallest absolute Gasteiger partial charge is 0.264 e. The molecule has 1 aliphatic heterocycles. The lowest BCUT2D eigenvalue weighted by Crippen LogP contribution is -2.37. The van der Waals surface area contributed by atoms with Gasteiger partial charge in [-0.1, -0.05) is 12.1 Å². The van der Waals surface area contributed by atoms with E-state index in [1.165, 1.54) is 36.4 Å². The Hall–Kier alpha value is -3.44. The molecule has 10 nitrogen and oxygen atoms in total. The van der Waals surface area contributed by atoms with Gasteiger partial charge in [0, 0.05) is 6.26 Å². The first-order valence-electron chi connectivity index (χ1n) is 9.62. The number of carbonyl (C=O) groups excluding carboxylic acids is 3. The fourth-order valence-electron chi connectivity index (χ4n) is 3.50. The highest BCUT2D eigenvalue weighted by molar-refractivity contribution is 7.90. The van der Waals surface area contributed by atoms with E-state index in [-0.39, 0.29) is 40.5 Å². The summed E-state index contributed by atoms with van der Waals surface area (Å²) >= 11 is 0. The van der Waals surface area contributed by atoms with Crippen LogP contribution in [0.25, 0.3) is 0 Å². The number of aromatic hydroxyl groups is 1. The topological polar surface area (TPSA) is 150 Å². The monoisotopic (exact) mass is 462 g/mol. The predicted molar refractivity (Wildman–Crippen MR) is 114 cm³/mol. The van der Waals surface area contributed by atoms with Gasteiger partial charge in [0.2, 0.25) is 5.91 Å². The number of nitrogens with zero attached hydrogens (tertiary/aromatic N) is 1. The van der Waals surface area contributed by atoms with Gasteiger partial charge in [0.05, 0.1) is 35.2 Å². The van der Waals surface area contributed by atoms with Gasteiger partial charge >= 0.3 is 0 Å². The molecule has 2 aromatic rings. The van der Waals surface area contributed by atoms with Gasteiger partial charge in [-0.05, 0) is 36.8 Å². The van der Waals surface area contributed by atoms with Gasteiger partial charge in [0.1, 0.15) is 16.4 Å². The summed E-state index contributed by atoms with van der Waals surface area (Å²) in [6, 6.07) is 7.13. The van der Waals surface area contributed by atoms with Crippen molar-refractivity contribution in [1.82, 2.24) is 4.90 Å². The van der Waals surface area contributed by atoms with Crippen LogP contribution in [-0.2, 0) is 14.6 Å². The second-order valence-corrected chi connectivity index (χ2v) is 9.37. The average molecular weight is 462 g/mol. The van der Waals surface area contributed by atoms with Gasteiger partial charge in [0.25, 0.3) is 11.8 Å². The maximum atomic E-state index is 13.3. The van der Waals surface area contributed by atoms with E-state index >= 15 is 0 Å². The Morgan fingerprint density at radius 2 is 1.91 bits per heavy atom. The third-order valence-corrected chi connectivity index (χ3v) is 5.73. The maximum Gasteiger partial charge on any atom is 0.264 e. The Morgan fingerprint density at radius 1 is 1.19 bits per heavy atom. The molecule has 0 aromatic heterocycles. The summed E-state index contributed by atoms with van der Waals surface area (Å²) in [6.07, 6.45) is 0.981. The van der Waals surface area contributed by atoms with E-state index in [1.807, 2.05) is 0 Å². The lowest BCUT2D eigenvalue weighted by Gasteiger charge is -2.26. The maximum absolute atomic E-state index is 13.3. The van der Waals surface area contributed by atoms with E-state index in [1.54, 1.807) is 6.92 Å². The number of aliphatic hydroxyl groups is 1. The number of ether oxygens (including phenoxy) is 1. The fraction of sp³-hybridized carbons (Fsp3) is 0.286. The predicted octanol–water partition coefficient (Wildman–Crippen LogP) is 1.10. The van der Waals surface area contributed by atoms with Crippen LogP contribution in [0.15, 0.2) is 36.4 Å². The number of hydrogen-bond acceptors (Lipinski definition) is 8. The Kier molecular flexibility index (Phi) is 6.51. The largest absolute Gasteiger partial charge is 0.504 e. The van der Waals surface area contributed by atoms with Crippen LogP contribution in [0.2, 0.25) is 0 Å². The number of anilines is 1. The van der Waals surface area contributed by atoms with Gasteiger partial charge in [-0.15, -0.1) is 0 Å². The molecule has 0 radical (unpaired) electrons. The van der Waals surface area contributed by atoms with Crippen molar-refractivity contribution in [2.75, 3.05) is 30.5 Å². The Labute approximate surface area is 184 Å². The van der Waals surface area contributed by atoms with Crippen LogP contribution in [0.4, 0.5) is 5.69 Å². The normalized spacial score (nSPS) is 14.3. The molecule has 170 valence electrons. The first kappa shape index (κ1) is 23.2. The SMILES string of the molecule is CCOc1cc(C(CS(C)(=O)=O)N2C(=O)c3cccc(NC(=O)CO)c3C2=O)ccc1O. The summed E-state index contributed by atoms with van der Waals surface area (Å²) < 4.78 is 29.7. The lowest BCUT2D eigenvalue weighted by atomic mass is 10.1. The number of phenols is 1. The molecule has 0 bridgehead atoms. The standard InChI is InChI=1S/C21H22N2O8S/c1-3-31-17-9-12(7-8-16(17)25)15(11-32(2,29)30)23-20(27)13-5-4-6-14(19(13)21(23)28)22-18(26)10-24/h4-9,15,24-25H,3,10-11H2,1-2H3,(H,22,26). The molecule has 3 amide bonds. The van der Waals surface area contributed by atoms with E-state index in [0.29, 0.717) is 0 Å². The zero-order valence-electron chi connectivity index (χ0n) is 17.4. The van der Waals surface area contributed by atoms with E-state index in [0.717, 1.165) is 11.2 Å². The number of nitrogens with one attached hydrogen (secondary N) is 1. The average Bonchev–Trinajstić information content (AvgIpc) is 2.98. The van der Waals surface area contributed by atoms with Gasteiger partial charge in [-0.2, -0.15) is 0 Å². The molecule has 2 aromatic carbocycles. The number of imide groups is 1. The molecule has 0 saturated heterocycles. The van der Waals surface area contributed by atoms with Crippen LogP contribution in [0.1, 0.15) is 39.2 Å². The first-order valence-corrected chi connectivity index (χ1v) is 11.7. The molecule has 1 heterocycles. The van der Waals surface area contributed by atoms with E-state index in [2.05, 4.69) is 5.32 Å². The van der Waals surface area contributed by atoms with Crippen molar-refractivity contribution in [3.63, 3.8) is 0 Å². The molecular formula is C21H22N2O8S. The Balaban J connectivity index is 2.11. The summed E-state index contributed by atoms with van der Waals surface area (Å²) in [5.74, 6) is -2.96. The Morgan fingerprint density at radius 3 is 2.53 bits per heavy atom. The van der Waals surface area contributed by atoms with Crippen LogP contribution >= 0.6 is 0 Å². The van der Waals surface area contributed by atoms with Crippen LogP contribution in [0.3, 0.4) is 0 Å². The van der Waals surface area contributed by atoms with Crippen molar-refractivity contribution in [3.8, 4) is 11.5 Å². The summed E-state index contributed by atoms with van der Waals surface area (Å²) in [6.45, 7) is 1.11.